The number of halogens is 1. The van der Waals surface area contributed by atoms with Crippen molar-refractivity contribution >= 4 is 23.5 Å². The summed E-state index contributed by atoms with van der Waals surface area (Å²) in [6.45, 7) is 4.31. The van der Waals surface area contributed by atoms with E-state index in [9.17, 15) is 9.59 Å². The minimum Gasteiger partial charge on any atom is -0.465 e. The van der Waals surface area contributed by atoms with Crippen molar-refractivity contribution in [3.63, 3.8) is 0 Å². The highest BCUT2D eigenvalue weighted by Crippen LogP contribution is 2.20. The largest absolute Gasteiger partial charge is 0.465 e. The Morgan fingerprint density at radius 3 is 2.32 bits per heavy atom. The van der Waals surface area contributed by atoms with E-state index >= 15 is 0 Å². The second-order valence-corrected chi connectivity index (χ2v) is 6.60. The molecule has 4 nitrogen and oxygen atoms in total. The molecule has 0 spiro atoms. The van der Waals surface area contributed by atoms with Crippen LogP contribution in [0.2, 0.25) is 5.02 Å². The first-order valence-electron chi connectivity index (χ1n) is 8.23. The molecule has 2 aromatic rings. The van der Waals surface area contributed by atoms with Crippen LogP contribution in [-0.2, 0) is 9.53 Å². The molecule has 0 aliphatic carbocycles. The molecule has 2 aromatic carbocycles. The van der Waals surface area contributed by atoms with Crippen LogP contribution in [0.15, 0.2) is 54.6 Å². The topological polar surface area (TPSA) is 55.4 Å². The predicted molar refractivity (Wildman–Crippen MR) is 98.5 cm³/mol. The Labute approximate surface area is 153 Å². The number of nitrogens with one attached hydrogen (secondary N) is 1. The lowest BCUT2D eigenvalue weighted by Crippen LogP contribution is -2.31. The van der Waals surface area contributed by atoms with Gasteiger partial charge in [0.25, 0.3) is 5.91 Å². The van der Waals surface area contributed by atoms with Gasteiger partial charge >= 0.3 is 5.97 Å². The van der Waals surface area contributed by atoms with Gasteiger partial charge in [0.1, 0.15) is 0 Å². The zero-order chi connectivity index (χ0) is 18.2. The van der Waals surface area contributed by atoms with E-state index in [1.807, 2.05) is 44.2 Å². The summed E-state index contributed by atoms with van der Waals surface area (Å²) in [5, 5.41) is 3.25. The molecule has 1 amide bonds. The third-order valence-corrected chi connectivity index (χ3v) is 3.90. The molecule has 0 radical (unpaired) electrons. The standard InChI is InChI=1S/C20H22ClNO3/c1-14(2)13-25-19(23)12-18(15-8-4-3-5-9-15)22-20(24)16-10-6-7-11-17(16)21/h3-11,14,18H,12-13H2,1-2H3,(H,22,24). The highest BCUT2D eigenvalue weighted by Gasteiger charge is 2.21. The summed E-state index contributed by atoms with van der Waals surface area (Å²) in [7, 11) is 0. The zero-order valence-corrected chi connectivity index (χ0v) is 15.1. The summed E-state index contributed by atoms with van der Waals surface area (Å²) in [4.78, 5) is 24.7. The maximum atomic E-state index is 12.5. The number of carbonyl (C=O) groups is 2. The molecule has 25 heavy (non-hydrogen) atoms. The molecular weight excluding hydrogens is 338 g/mol. The van der Waals surface area contributed by atoms with Crippen molar-refractivity contribution in [2.45, 2.75) is 26.3 Å². The minimum absolute atomic E-state index is 0.0624. The maximum Gasteiger partial charge on any atom is 0.308 e. The number of rotatable bonds is 7. The summed E-state index contributed by atoms with van der Waals surface area (Å²) in [6.07, 6.45) is 0.0624. The Hall–Kier alpha value is -2.33. The molecule has 2 rings (SSSR count). The van der Waals surface area contributed by atoms with Gasteiger partial charge in [-0.2, -0.15) is 0 Å². The Balaban J connectivity index is 2.13. The van der Waals surface area contributed by atoms with E-state index < -0.39 is 6.04 Å². The molecule has 0 fully saturated rings. The highest BCUT2D eigenvalue weighted by molar-refractivity contribution is 6.33. The first-order valence-corrected chi connectivity index (χ1v) is 8.61. The van der Waals surface area contributed by atoms with Crippen LogP contribution < -0.4 is 5.32 Å². The molecule has 1 N–H and O–H groups in total. The van der Waals surface area contributed by atoms with Crippen molar-refractivity contribution in [2.75, 3.05) is 6.61 Å². The number of hydrogen-bond acceptors (Lipinski definition) is 3. The van der Waals surface area contributed by atoms with Crippen molar-refractivity contribution in [2.24, 2.45) is 5.92 Å². The molecule has 0 bridgehead atoms. The first-order chi connectivity index (χ1) is 12.0. The fraction of sp³-hybridized carbons (Fsp3) is 0.300. The summed E-state index contributed by atoms with van der Waals surface area (Å²) in [5.41, 5.74) is 1.21. The molecule has 1 atom stereocenters. The zero-order valence-electron chi connectivity index (χ0n) is 14.4. The summed E-state index contributed by atoms with van der Waals surface area (Å²) < 4.78 is 5.25. The number of ether oxygens (including phenoxy) is 1. The Morgan fingerprint density at radius 2 is 1.68 bits per heavy atom. The van der Waals surface area contributed by atoms with Crippen LogP contribution in [0.3, 0.4) is 0 Å². The Bertz CT molecular complexity index is 716. The van der Waals surface area contributed by atoms with Gasteiger partial charge in [0, 0.05) is 0 Å². The number of amides is 1. The lowest BCUT2D eigenvalue weighted by molar-refractivity contribution is -0.145. The monoisotopic (exact) mass is 359 g/mol. The van der Waals surface area contributed by atoms with E-state index in [2.05, 4.69) is 5.32 Å². The van der Waals surface area contributed by atoms with Gasteiger partial charge in [0.05, 0.1) is 29.7 Å². The summed E-state index contributed by atoms with van der Waals surface area (Å²) >= 11 is 6.09. The quantitative estimate of drug-likeness (QED) is 0.745. The maximum absolute atomic E-state index is 12.5. The smallest absolute Gasteiger partial charge is 0.308 e. The lowest BCUT2D eigenvalue weighted by Gasteiger charge is -2.19. The van der Waals surface area contributed by atoms with Crippen molar-refractivity contribution in [1.82, 2.24) is 5.32 Å². The minimum atomic E-state index is -0.482. The van der Waals surface area contributed by atoms with E-state index in [1.54, 1.807) is 24.3 Å². The van der Waals surface area contributed by atoms with Crippen LogP contribution in [-0.4, -0.2) is 18.5 Å². The van der Waals surface area contributed by atoms with Gasteiger partial charge in [0.2, 0.25) is 0 Å². The van der Waals surface area contributed by atoms with E-state index in [-0.39, 0.29) is 24.2 Å². The van der Waals surface area contributed by atoms with E-state index in [0.717, 1.165) is 5.56 Å². The molecular formula is C20H22ClNO3. The van der Waals surface area contributed by atoms with Gasteiger partial charge in [-0.1, -0.05) is 67.9 Å². The van der Waals surface area contributed by atoms with E-state index in [4.69, 9.17) is 16.3 Å². The Kier molecular flexibility index (Phi) is 7.02. The van der Waals surface area contributed by atoms with Crippen LogP contribution >= 0.6 is 11.6 Å². The molecule has 0 aliphatic heterocycles. The van der Waals surface area contributed by atoms with E-state index in [1.165, 1.54) is 0 Å². The molecule has 0 heterocycles. The van der Waals surface area contributed by atoms with Gasteiger partial charge in [0.15, 0.2) is 0 Å². The predicted octanol–water partition coefficient (Wildman–Crippen LogP) is 4.40. The van der Waals surface area contributed by atoms with Gasteiger partial charge in [-0.3, -0.25) is 9.59 Å². The second kappa shape index (κ2) is 9.23. The number of benzene rings is 2. The number of esters is 1. The van der Waals surface area contributed by atoms with Gasteiger partial charge in [-0.05, 0) is 23.6 Å². The highest BCUT2D eigenvalue weighted by atomic mass is 35.5. The molecule has 0 aliphatic rings. The molecule has 0 saturated carbocycles. The first kappa shape index (κ1) is 19.0. The molecule has 0 aromatic heterocycles. The summed E-state index contributed by atoms with van der Waals surface area (Å²) in [6, 6.07) is 15.7. The number of carbonyl (C=O) groups excluding carboxylic acids is 2. The normalized spacial score (nSPS) is 11.8. The average Bonchev–Trinajstić information content (AvgIpc) is 2.60. The fourth-order valence-corrected chi connectivity index (χ4v) is 2.53. The molecule has 0 saturated heterocycles. The third-order valence-electron chi connectivity index (χ3n) is 3.57. The van der Waals surface area contributed by atoms with Crippen molar-refractivity contribution in [1.29, 1.82) is 0 Å². The third kappa shape index (κ3) is 5.91. The lowest BCUT2D eigenvalue weighted by atomic mass is 10.0. The van der Waals surface area contributed by atoms with Crippen LogP contribution in [0, 0.1) is 5.92 Å². The van der Waals surface area contributed by atoms with Crippen LogP contribution in [0.4, 0.5) is 0 Å². The summed E-state index contributed by atoms with van der Waals surface area (Å²) in [5.74, 6) is -0.407. The second-order valence-electron chi connectivity index (χ2n) is 6.20. The van der Waals surface area contributed by atoms with Crippen molar-refractivity contribution in [3.05, 3.63) is 70.7 Å². The molecule has 5 heteroatoms. The molecule has 132 valence electrons. The van der Waals surface area contributed by atoms with Crippen molar-refractivity contribution < 1.29 is 14.3 Å². The van der Waals surface area contributed by atoms with Crippen molar-refractivity contribution in [3.8, 4) is 0 Å². The van der Waals surface area contributed by atoms with Crippen LogP contribution in [0.1, 0.15) is 42.2 Å². The van der Waals surface area contributed by atoms with Gasteiger partial charge in [-0.25, -0.2) is 0 Å². The Morgan fingerprint density at radius 1 is 1.04 bits per heavy atom. The van der Waals surface area contributed by atoms with Crippen LogP contribution in [0.5, 0.6) is 0 Å². The van der Waals surface area contributed by atoms with Gasteiger partial charge in [-0.15, -0.1) is 0 Å². The fourth-order valence-electron chi connectivity index (χ4n) is 2.30. The van der Waals surface area contributed by atoms with E-state index in [0.29, 0.717) is 17.2 Å². The van der Waals surface area contributed by atoms with Crippen LogP contribution in [0.25, 0.3) is 0 Å². The average molecular weight is 360 g/mol. The molecule has 1 unspecified atom stereocenters. The number of hydrogen-bond donors (Lipinski definition) is 1. The van der Waals surface area contributed by atoms with Gasteiger partial charge < -0.3 is 10.1 Å². The SMILES string of the molecule is CC(C)COC(=O)CC(NC(=O)c1ccccc1Cl)c1ccccc1.